The van der Waals surface area contributed by atoms with E-state index in [0.29, 0.717) is 12.6 Å². The minimum atomic E-state index is 0.104. The van der Waals surface area contributed by atoms with Crippen LogP contribution in [0.15, 0.2) is 24.3 Å². The number of morpholine rings is 1. The monoisotopic (exact) mass is 359 g/mol. The Labute approximate surface area is 155 Å². The molecule has 1 aromatic carbocycles. The van der Waals surface area contributed by atoms with Gasteiger partial charge in [-0.05, 0) is 50.7 Å². The van der Waals surface area contributed by atoms with Gasteiger partial charge in [-0.2, -0.15) is 0 Å². The number of hydrogen-bond donors (Lipinski definition) is 0. The Kier molecular flexibility index (Phi) is 5.16. The second-order valence-electron chi connectivity index (χ2n) is 7.77. The van der Waals surface area contributed by atoms with Gasteiger partial charge < -0.3 is 19.3 Å². The van der Waals surface area contributed by atoms with Crippen LogP contribution in [0.5, 0.6) is 5.75 Å². The molecule has 0 unspecified atom stereocenters. The molecule has 1 amide bonds. The predicted octanol–water partition coefficient (Wildman–Crippen LogP) is 1.20. The third kappa shape index (κ3) is 3.59. The highest BCUT2D eigenvalue weighted by atomic mass is 16.5. The Morgan fingerprint density at radius 2 is 1.88 bits per heavy atom. The van der Waals surface area contributed by atoms with Crippen LogP contribution in [0.3, 0.4) is 0 Å². The highest BCUT2D eigenvalue weighted by Crippen LogP contribution is 2.29. The zero-order chi connectivity index (χ0) is 18.1. The molecule has 3 aliphatic rings. The van der Waals surface area contributed by atoms with Crippen molar-refractivity contribution in [2.75, 3.05) is 46.9 Å². The van der Waals surface area contributed by atoms with Gasteiger partial charge in [0.2, 0.25) is 5.91 Å². The lowest BCUT2D eigenvalue weighted by atomic mass is 10.0. The van der Waals surface area contributed by atoms with E-state index >= 15 is 0 Å². The molecule has 0 aliphatic carbocycles. The van der Waals surface area contributed by atoms with Crippen LogP contribution in [-0.2, 0) is 16.1 Å². The molecule has 3 aliphatic heterocycles. The van der Waals surface area contributed by atoms with Crippen molar-refractivity contribution in [3.05, 3.63) is 29.8 Å². The van der Waals surface area contributed by atoms with Crippen LogP contribution in [0, 0.1) is 0 Å². The summed E-state index contributed by atoms with van der Waals surface area (Å²) in [4.78, 5) is 19.5. The summed E-state index contributed by atoms with van der Waals surface area (Å²) in [5, 5.41) is 0. The third-order valence-electron chi connectivity index (χ3n) is 6.12. The molecule has 0 aromatic heterocycles. The van der Waals surface area contributed by atoms with Crippen LogP contribution in [0.25, 0.3) is 0 Å². The van der Waals surface area contributed by atoms with Crippen molar-refractivity contribution in [3.63, 3.8) is 0 Å². The summed E-state index contributed by atoms with van der Waals surface area (Å²) >= 11 is 0. The topological polar surface area (TPSA) is 45.2 Å². The van der Waals surface area contributed by atoms with Gasteiger partial charge in [0.05, 0.1) is 19.3 Å². The highest BCUT2D eigenvalue weighted by molar-refractivity contribution is 5.78. The van der Waals surface area contributed by atoms with Crippen LogP contribution in [0.2, 0.25) is 0 Å². The number of carbonyl (C=O) groups is 1. The van der Waals surface area contributed by atoms with Crippen LogP contribution < -0.4 is 4.74 Å². The first-order chi connectivity index (χ1) is 12.6. The summed E-state index contributed by atoms with van der Waals surface area (Å²) in [6.45, 7) is 5.05. The molecule has 2 atom stereocenters. The SMILES string of the molecule is COc1ccc(CN2C(=O)CO[C@H]3CN(C4CCN(C)CC4)C[C@H]32)cc1. The van der Waals surface area contributed by atoms with E-state index in [1.807, 2.05) is 29.2 Å². The Morgan fingerprint density at radius 3 is 2.58 bits per heavy atom. The van der Waals surface area contributed by atoms with E-state index in [1.54, 1.807) is 7.11 Å². The van der Waals surface area contributed by atoms with E-state index in [-0.39, 0.29) is 24.7 Å². The van der Waals surface area contributed by atoms with Gasteiger partial charge in [0, 0.05) is 25.7 Å². The van der Waals surface area contributed by atoms with Crippen molar-refractivity contribution in [1.82, 2.24) is 14.7 Å². The fourth-order valence-electron chi connectivity index (χ4n) is 4.49. The van der Waals surface area contributed by atoms with Crippen LogP contribution >= 0.6 is 0 Å². The smallest absolute Gasteiger partial charge is 0.249 e. The number of amides is 1. The second-order valence-corrected chi connectivity index (χ2v) is 7.77. The molecule has 0 spiro atoms. The number of carbonyl (C=O) groups excluding carboxylic acids is 1. The van der Waals surface area contributed by atoms with Gasteiger partial charge >= 0.3 is 0 Å². The predicted molar refractivity (Wildman–Crippen MR) is 99.2 cm³/mol. The van der Waals surface area contributed by atoms with Crippen molar-refractivity contribution < 1.29 is 14.3 Å². The minimum Gasteiger partial charge on any atom is -0.497 e. The summed E-state index contributed by atoms with van der Waals surface area (Å²) < 4.78 is 11.1. The van der Waals surface area contributed by atoms with Crippen LogP contribution in [-0.4, -0.2) is 85.7 Å². The first-order valence-electron chi connectivity index (χ1n) is 9.60. The van der Waals surface area contributed by atoms with Crippen molar-refractivity contribution >= 4 is 5.91 Å². The fraction of sp³-hybridized carbons (Fsp3) is 0.650. The molecule has 142 valence electrons. The molecule has 4 rings (SSSR count). The number of likely N-dealkylation sites (tertiary alicyclic amines) is 2. The molecule has 0 saturated carbocycles. The van der Waals surface area contributed by atoms with Crippen LogP contribution in [0.1, 0.15) is 18.4 Å². The maximum absolute atomic E-state index is 12.5. The number of rotatable bonds is 4. The third-order valence-corrected chi connectivity index (χ3v) is 6.12. The summed E-state index contributed by atoms with van der Waals surface area (Å²) in [6.07, 6.45) is 2.57. The Bertz CT molecular complexity index is 628. The van der Waals surface area contributed by atoms with E-state index in [0.717, 1.165) is 37.5 Å². The lowest BCUT2D eigenvalue weighted by Crippen LogP contribution is -2.53. The quantitative estimate of drug-likeness (QED) is 0.808. The summed E-state index contributed by atoms with van der Waals surface area (Å²) in [5.74, 6) is 0.946. The van der Waals surface area contributed by atoms with Gasteiger partial charge in [-0.25, -0.2) is 0 Å². The first kappa shape index (κ1) is 17.8. The van der Waals surface area contributed by atoms with E-state index < -0.39 is 0 Å². The van der Waals surface area contributed by atoms with Crippen molar-refractivity contribution in [3.8, 4) is 5.75 Å². The van der Waals surface area contributed by atoms with Gasteiger partial charge in [-0.3, -0.25) is 9.69 Å². The number of piperidine rings is 1. The Balaban J connectivity index is 1.44. The van der Waals surface area contributed by atoms with Gasteiger partial charge in [0.1, 0.15) is 12.4 Å². The molecule has 0 radical (unpaired) electrons. The maximum Gasteiger partial charge on any atom is 0.249 e. The van der Waals surface area contributed by atoms with E-state index in [2.05, 4.69) is 16.8 Å². The van der Waals surface area contributed by atoms with Gasteiger partial charge in [0.25, 0.3) is 0 Å². The zero-order valence-electron chi connectivity index (χ0n) is 15.8. The molecular formula is C20H29N3O3. The van der Waals surface area contributed by atoms with Crippen LogP contribution in [0.4, 0.5) is 0 Å². The summed E-state index contributed by atoms with van der Waals surface area (Å²) in [6, 6.07) is 8.78. The first-order valence-corrected chi connectivity index (χ1v) is 9.60. The average Bonchev–Trinajstić information content (AvgIpc) is 3.10. The fourth-order valence-corrected chi connectivity index (χ4v) is 4.49. The molecule has 1 aromatic rings. The Morgan fingerprint density at radius 1 is 1.15 bits per heavy atom. The molecular weight excluding hydrogens is 330 g/mol. The van der Waals surface area contributed by atoms with E-state index in [4.69, 9.17) is 9.47 Å². The zero-order valence-corrected chi connectivity index (χ0v) is 15.8. The Hall–Kier alpha value is -1.63. The maximum atomic E-state index is 12.5. The molecule has 3 saturated heterocycles. The molecule has 3 fully saturated rings. The minimum absolute atomic E-state index is 0.104. The number of methoxy groups -OCH3 is 1. The molecule has 26 heavy (non-hydrogen) atoms. The lowest BCUT2D eigenvalue weighted by Gasteiger charge is -2.37. The van der Waals surface area contributed by atoms with Gasteiger partial charge in [-0.1, -0.05) is 12.1 Å². The normalized spacial score (nSPS) is 28.4. The summed E-state index contributed by atoms with van der Waals surface area (Å²) in [7, 11) is 3.86. The molecule has 0 N–H and O–H groups in total. The van der Waals surface area contributed by atoms with Gasteiger partial charge in [-0.15, -0.1) is 0 Å². The molecule has 6 heteroatoms. The standard InChI is InChI=1S/C20H29N3O3/c1-21-9-7-16(8-10-21)22-12-18-19(13-22)26-14-20(24)23(18)11-15-3-5-17(25-2)6-4-15/h3-6,16,18-19H,7-14H2,1-2H3/t18-,19+/m1/s1. The number of ether oxygens (including phenoxy) is 2. The molecule has 3 heterocycles. The van der Waals surface area contributed by atoms with Crippen molar-refractivity contribution in [2.45, 2.75) is 37.6 Å². The largest absolute Gasteiger partial charge is 0.497 e. The van der Waals surface area contributed by atoms with E-state index in [1.165, 1.54) is 12.8 Å². The van der Waals surface area contributed by atoms with Gasteiger partial charge in [0.15, 0.2) is 0 Å². The number of benzene rings is 1. The second kappa shape index (κ2) is 7.55. The molecule has 6 nitrogen and oxygen atoms in total. The van der Waals surface area contributed by atoms with E-state index in [9.17, 15) is 4.79 Å². The highest BCUT2D eigenvalue weighted by Gasteiger charge is 2.44. The number of hydrogen-bond acceptors (Lipinski definition) is 5. The average molecular weight is 359 g/mol. The lowest BCUT2D eigenvalue weighted by molar-refractivity contribution is -0.153. The van der Waals surface area contributed by atoms with Crippen molar-refractivity contribution in [2.24, 2.45) is 0 Å². The number of fused-ring (bicyclic) bond motifs is 1. The summed E-state index contributed by atoms with van der Waals surface area (Å²) in [5.41, 5.74) is 1.14. The molecule has 0 bridgehead atoms. The number of nitrogens with zero attached hydrogens (tertiary/aromatic N) is 3. The van der Waals surface area contributed by atoms with Crippen molar-refractivity contribution in [1.29, 1.82) is 0 Å².